The number of halogens is 2. The summed E-state index contributed by atoms with van der Waals surface area (Å²) < 4.78 is 27.0. The quantitative estimate of drug-likeness (QED) is 0.673. The van der Waals surface area contributed by atoms with E-state index in [1.54, 1.807) is 0 Å². The molecule has 0 spiro atoms. The van der Waals surface area contributed by atoms with Gasteiger partial charge in [-0.05, 0) is 33.6 Å². The molecule has 0 aromatic rings. The Morgan fingerprint density at radius 1 is 1.20 bits per heavy atom. The molecule has 4 heteroatoms. The minimum absolute atomic E-state index is 0.0445. The lowest BCUT2D eigenvalue weighted by atomic mass is 9.77. The van der Waals surface area contributed by atoms with Crippen LogP contribution in [-0.2, 0) is 0 Å². The lowest BCUT2D eigenvalue weighted by Gasteiger charge is -2.52. The van der Waals surface area contributed by atoms with E-state index in [9.17, 15) is 8.78 Å². The van der Waals surface area contributed by atoms with Crippen LogP contribution < -0.4 is 5.73 Å². The van der Waals surface area contributed by atoms with E-state index >= 15 is 0 Å². The van der Waals surface area contributed by atoms with Crippen LogP contribution in [-0.4, -0.2) is 34.5 Å². The van der Waals surface area contributed by atoms with Gasteiger partial charge in [-0.3, -0.25) is 4.90 Å². The summed E-state index contributed by atoms with van der Waals surface area (Å²) in [7, 11) is 0. The van der Waals surface area contributed by atoms with Gasteiger partial charge < -0.3 is 5.73 Å². The van der Waals surface area contributed by atoms with Crippen LogP contribution in [0.5, 0.6) is 0 Å². The molecule has 0 bridgehead atoms. The SMILES string of the molecule is CC1(C)CC(N)C[C@]2(C)CC(F)(F)CN12. The van der Waals surface area contributed by atoms with Crippen molar-refractivity contribution in [2.24, 2.45) is 5.73 Å². The van der Waals surface area contributed by atoms with E-state index in [4.69, 9.17) is 5.73 Å². The Morgan fingerprint density at radius 3 is 2.40 bits per heavy atom. The highest BCUT2D eigenvalue weighted by Gasteiger charge is 2.58. The first kappa shape index (κ1) is 11.3. The first-order valence-electron chi connectivity index (χ1n) is 5.56. The summed E-state index contributed by atoms with van der Waals surface area (Å²) in [4.78, 5) is 1.96. The highest BCUT2D eigenvalue weighted by molar-refractivity contribution is 5.10. The Bertz CT molecular complexity index is 278. The molecular weight excluding hydrogens is 198 g/mol. The zero-order valence-corrected chi connectivity index (χ0v) is 9.69. The number of nitrogens with zero attached hydrogens (tertiary/aromatic N) is 1. The summed E-state index contributed by atoms with van der Waals surface area (Å²) in [5, 5.41) is 0. The largest absolute Gasteiger partial charge is 0.328 e. The molecule has 0 aromatic heterocycles. The van der Waals surface area contributed by atoms with Gasteiger partial charge in [0.2, 0.25) is 0 Å². The van der Waals surface area contributed by atoms with E-state index in [0.29, 0.717) is 6.42 Å². The fraction of sp³-hybridized carbons (Fsp3) is 1.00. The molecule has 15 heavy (non-hydrogen) atoms. The van der Waals surface area contributed by atoms with Crippen molar-refractivity contribution in [2.75, 3.05) is 6.54 Å². The van der Waals surface area contributed by atoms with Crippen molar-refractivity contribution in [3.63, 3.8) is 0 Å². The molecule has 2 atom stereocenters. The average molecular weight is 218 g/mol. The van der Waals surface area contributed by atoms with Gasteiger partial charge in [0.1, 0.15) is 0 Å². The summed E-state index contributed by atoms with van der Waals surface area (Å²) >= 11 is 0. The Hall–Kier alpha value is -0.220. The summed E-state index contributed by atoms with van der Waals surface area (Å²) in [5.74, 6) is -2.55. The molecule has 1 unspecified atom stereocenters. The van der Waals surface area contributed by atoms with Crippen molar-refractivity contribution in [3.8, 4) is 0 Å². The third-order valence-corrected chi connectivity index (χ3v) is 3.87. The van der Waals surface area contributed by atoms with E-state index < -0.39 is 11.5 Å². The zero-order valence-electron chi connectivity index (χ0n) is 9.69. The molecule has 0 aromatic carbocycles. The highest BCUT2D eigenvalue weighted by atomic mass is 19.3. The summed E-state index contributed by atoms with van der Waals surface area (Å²) in [5.41, 5.74) is 5.35. The number of nitrogens with two attached hydrogens (primary N) is 1. The normalized spacial score (nSPS) is 44.0. The number of hydrogen-bond acceptors (Lipinski definition) is 2. The van der Waals surface area contributed by atoms with E-state index in [2.05, 4.69) is 0 Å². The second kappa shape index (κ2) is 2.92. The number of piperidine rings is 1. The van der Waals surface area contributed by atoms with E-state index in [-0.39, 0.29) is 24.5 Å². The standard InChI is InChI=1S/C11H20F2N2/c1-9(2)4-8(14)5-10(3)6-11(12,13)7-15(9)10/h8H,4-7,14H2,1-3H3/t8?,10-/m1/s1. The fourth-order valence-electron chi connectivity index (χ4n) is 3.65. The third-order valence-electron chi connectivity index (χ3n) is 3.87. The van der Waals surface area contributed by atoms with Gasteiger partial charge in [-0.15, -0.1) is 0 Å². The van der Waals surface area contributed by atoms with Crippen LogP contribution in [0.1, 0.15) is 40.0 Å². The minimum Gasteiger partial charge on any atom is -0.328 e. The Labute approximate surface area is 89.8 Å². The Morgan fingerprint density at radius 2 is 1.80 bits per heavy atom. The molecule has 88 valence electrons. The Kier molecular flexibility index (Phi) is 2.19. The number of hydrogen-bond donors (Lipinski definition) is 1. The molecule has 2 saturated heterocycles. The van der Waals surface area contributed by atoms with Crippen LogP contribution in [0.25, 0.3) is 0 Å². The van der Waals surface area contributed by atoms with Gasteiger partial charge >= 0.3 is 0 Å². The minimum atomic E-state index is -2.55. The smallest absolute Gasteiger partial charge is 0.262 e. The van der Waals surface area contributed by atoms with E-state index in [0.717, 1.165) is 6.42 Å². The van der Waals surface area contributed by atoms with Gasteiger partial charge in [0.05, 0.1) is 6.54 Å². The van der Waals surface area contributed by atoms with Crippen LogP contribution >= 0.6 is 0 Å². The monoisotopic (exact) mass is 218 g/mol. The van der Waals surface area contributed by atoms with Crippen LogP contribution in [0.15, 0.2) is 0 Å². The lowest BCUT2D eigenvalue weighted by Crippen LogP contribution is -2.61. The van der Waals surface area contributed by atoms with Crippen LogP contribution in [0.2, 0.25) is 0 Å². The third kappa shape index (κ3) is 1.78. The van der Waals surface area contributed by atoms with Crippen molar-refractivity contribution in [3.05, 3.63) is 0 Å². The molecule has 0 aliphatic carbocycles. The molecule has 2 aliphatic rings. The van der Waals surface area contributed by atoms with Gasteiger partial charge in [0.15, 0.2) is 0 Å². The maximum atomic E-state index is 13.5. The molecule has 0 radical (unpaired) electrons. The summed E-state index contributed by atoms with van der Waals surface area (Å²) in [6, 6.07) is 0.0511. The topological polar surface area (TPSA) is 29.3 Å². The predicted molar refractivity (Wildman–Crippen MR) is 56.0 cm³/mol. The molecule has 0 amide bonds. The highest BCUT2D eigenvalue weighted by Crippen LogP contribution is 2.49. The van der Waals surface area contributed by atoms with Crippen LogP contribution in [0.4, 0.5) is 8.78 Å². The van der Waals surface area contributed by atoms with Crippen LogP contribution in [0.3, 0.4) is 0 Å². The molecule has 0 saturated carbocycles. The molecular formula is C11H20F2N2. The fourth-order valence-corrected chi connectivity index (χ4v) is 3.65. The van der Waals surface area contributed by atoms with Crippen molar-refractivity contribution in [1.82, 2.24) is 4.90 Å². The van der Waals surface area contributed by atoms with E-state index in [1.165, 1.54) is 0 Å². The van der Waals surface area contributed by atoms with Gasteiger partial charge in [-0.25, -0.2) is 8.78 Å². The molecule has 2 aliphatic heterocycles. The first-order valence-corrected chi connectivity index (χ1v) is 5.56. The zero-order chi connectivity index (χ0) is 11.5. The predicted octanol–water partition coefficient (Wildman–Crippen LogP) is 1.99. The summed E-state index contributed by atoms with van der Waals surface area (Å²) in [6.45, 7) is 5.86. The van der Waals surface area contributed by atoms with Crippen molar-refractivity contribution in [2.45, 2.75) is 63.1 Å². The number of fused-ring (bicyclic) bond motifs is 1. The average Bonchev–Trinajstić information content (AvgIpc) is 2.17. The van der Waals surface area contributed by atoms with Gasteiger partial charge in [0, 0.05) is 23.5 Å². The van der Waals surface area contributed by atoms with Crippen molar-refractivity contribution in [1.29, 1.82) is 0 Å². The second-order valence-electron chi connectivity index (χ2n) is 6.10. The first-order chi connectivity index (χ1) is 6.65. The molecule has 2 nitrogen and oxygen atoms in total. The van der Waals surface area contributed by atoms with E-state index in [1.807, 2.05) is 25.7 Å². The van der Waals surface area contributed by atoms with Crippen molar-refractivity contribution < 1.29 is 8.78 Å². The molecule has 2 rings (SSSR count). The maximum absolute atomic E-state index is 13.5. The number of rotatable bonds is 0. The molecule has 2 N–H and O–H groups in total. The Balaban J connectivity index is 2.32. The molecule has 2 heterocycles. The molecule has 2 fully saturated rings. The second-order valence-corrected chi connectivity index (χ2v) is 6.10. The lowest BCUT2D eigenvalue weighted by molar-refractivity contribution is -0.0238. The number of alkyl halides is 2. The van der Waals surface area contributed by atoms with Gasteiger partial charge in [-0.2, -0.15) is 0 Å². The van der Waals surface area contributed by atoms with Crippen LogP contribution in [0, 0.1) is 0 Å². The van der Waals surface area contributed by atoms with Gasteiger partial charge in [-0.1, -0.05) is 0 Å². The summed E-state index contributed by atoms with van der Waals surface area (Å²) in [6.07, 6.45) is 1.45. The van der Waals surface area contributed by atoms with Crippen molar-refractivity contribution >= 4 is 0 Å². The van der Waals surface area contributed by atoms with Gasteiger partial charge in [0.25, 0.3) is 5.92 Å². The maximum Gasteiger partial charge on any atom is 0.262 e.